The van der Waals surface area contributed by atoms with Crippen molar-refractivity contribution in [3.63, 3.8) is 0 Å². The third-order valence-electron chi connectivity index (χ3n) is 4.25. The number of hydrogen-bond donors (Lipinski definition) is 0. The van der Waals surface area contributed by atoms with E-state index in [0.29, 0.717) is 39.0 Å². The maximum Gasteiger partial charge on any atom is 0.256 e. The first-order valence-electron chi connectivity index (χ1n) is 8.12. The number of hydrogen-bond acceptors (Lipinski definition) is 2. The highest BCUT2D eigenvalue weighted by atomic mass is 19.1. The van der Waals surface area contributed by atoms with Crippen LogP contribution in [0.3, 0.4) is 0 Å². The summed E-state index contributed by atoms with van der Waals surface area (Å²) in [5.41, 5.74) is 0.0854. The molecule has 1 fully saturated rings. The van der Waals surface area contributed by atoms with Gasteiger partial charge in [0.2, 0.25) is 5.91 Å². The molecule has 0 N–H and O–H groups in total. The Kier molecular flexibility index (Phi) is 6.29. The minimum atomic E-state index is -0.510. The Labute approximate surface area is 142 Å². The molecule has 0 radical (unpaired) electrons. The lowest BCUT2D eigenvalue weighted by atomic mass is 9.94. The molecule has 0 atom stereocenters. The fourth-order valence-electron chi connectivity index (χ4n) is 2.96. The summed E-state index contributed by atoms with van der Waals surface area (Å²) in [5.74, 6) is -0.876. The largest absolute Gasteiger partial charge is 0.339 e. The van der Waals surface area contributed by atoms with E-state index < -0.39 is 5.82 Å². The SMILES string of the molecule is C=CCN(CC=C)C(=O)C1CCN(C(=O)c2ccccc2F)CC1. The number of rotatable bonds is 6. The molecule has 1 saturated heterocycles. The van der Waals surface area contributed by atoms with Gasteiger partial charge in [-0.3, -0.25) is 9.59 Å². The summed E-state index contributed by atoms with van der Waals surface area (Å²) in [7, 11) is 0. The van der Waals surface area contributed by atoms with Crippen molar-refractivity contribution in [3.8, 4) is 0 Å². The molecular weight excluding hydrogens is 307 g/mol. The third-order valence-corrected chi connectivity index (χ3v) is 4.25. The summed E-state index contributed by atoms with van der Waals surface area (Å²) in [6, 6.07) is 5.98. The summed E-state index contributed by atoms with van der Waals surface area (Å²) in [5, 5.41) is 0. The molecule has 0 unspecified atom stereocenters. The molecule has 1 aromatic carbocycles. The Morgan fingerprint density at radius 1 is 1.17 bits per heavy atom. The Morgan fingerprint density at radius 3 is 2.29 bits per heavy atom. The van der Waals surface area contributed by atoms with E-state index in [0.717, 1.165) is 0 Å². The molecule has 0 bridgehead atoms. The predicted octanol–water partition coefficient (Wildman–Crippen LogP) is 2.88. The number of piperidine rings is 1. The van der Waals surface area contributed by atoms with Crippen LogP contribution in [0.4, 0.5) is 4.39 Å². The van der Waals surface area contributed by atoms with Gasteiger partial charge in [0.15, 0.2) is 0 Å². The summed E-state index contributed by atoms with van der Waals surface area (Å²) in [6.07, 6.45) is 4.56. The second-order valence-corrected chi connectivity index (χ2v) is 5.87. The van der Waals surface area contributed by atoms with Crippen LogP contribution in [-0.4, -0.2) is 47.8 Å². The van der Waals surface area contributed by atoms with Crippen LogP contribution in [0.1, 0.15) is 23.2 Å². The van der Waals surface area contributed by atoms with E-state index in [4.69, 9.17) is 0 Å². The van der Waals surface area contributed by atoms with E-state index in [-0.39, 0.29) is 23.3 Å². The van der Waals surface area contributed by atoms with Crippen molar-refractivity contribution in [1.82, 2.24) is 9.80 Å². The zero-order valence-corrected chi connectivity index (χ0v) is 13.8. The number of likely N-dealkylation sites (tertiary alicyclic amines) is 1. The first kappa shape index (κ1) is 17.9. The van der Waals surface area contributed by atoms with E-state index in [1.807, 2.05) is 0 Å². The average molecular weight is 330 g/mol. The van der Waals surface area contributed by atoms with Crippen LogP contribution in [0.2, 0.25) is 0 Å². The lowest BCUT2D eigenvalue weighted by Crippen LogP contribution is -2.44. The fourth-order valence-corrected chi connectivity index (χ4v) is 2.96. The van der Waals surface area contributed by atoms with Crippen molar-refractivity contribution in [2.75, 3.05) is 26.2 Å². The van der Waals surface area contributed by atoms with E-state index in [2.05, 4.69) is 13.2 Å². The van der Waals surface area contributed by atoms with Crippen LogP contribution in [-0.2, 0) is 4.79 Å². The summed E-state index contributed by atoms with van der Waals surface area (Å²) < 4.78 is 13.7. The third kappa shape index (κ3) is 4.10. The molecule has 5 heteroatoms. The van der Waals surface area contributed by atoms with Crippen LogP contribution in [0, 0.1) is 11.7 Å². The molecule has 1 heterocycles. The topological polar surface area (TPSA) is 40.6 Å². The molecule has 0 spiro atoms. The van der Waals surface area contributed by atoms with Crippen LogP contribution in [0.15, 0.2) is 49.6 Å². The Bertz CT molecular complexity index is 612. The van der Waals surface area contributed by atoms with E-state index in [1.165, 1.54) is 12.1 Å². The van der Waals surface area contributed by atoms with Crippen molar-refractivity contribution in [2.24, 2.45) is 5.92 Å². The molecule has 1 aromatic rings. The van der Waals surface area contributed by atoms with Crippen LogP contribution < -0.4 is 0 Å². The van der Waals surface area contributed by atoms with E-state index in [9.17, 15) is 14.0 Å². The molecule has 128 valence electrons. The zero-order valence-electron chi connectivity index (χ0n) is 13.8. The quantitative estimate of drug-likeness (QED) is 0.753. The number of carbonyl (C=O) groups excluding carboxylic acids is 2. The van der Waals surface area contributed by atoms with Crippen molar-refractivity contribution < 1.29 is 14.0 Å². The highest BCUT2D eigenvalue weighted by molar-refractivity contribution is 5.94. The monoisotopic (exact) mass is 330 g/mol. The number of halogens is 1. The average Bonchev–Trinajstić information content (AvgIpc) is 2.61. The highest BCUT2D eigenvalue weighted by Gasteiger charge is 2.30. The van der Waals surface area contributed by atoms with Gasteiger partial charge in [-0.05, 0) is 25.0 Å². The summed E-state index contributed by atoms with van der Waals surface area (Å²) in [6.45, 7) is 9.23. The Morgan fingerprint density at radius 2 is 1.75 bits per heavy atom. The van der Waals surface area contributed by atoms with Gasteiger partial charge in [-0.2, -0.15) is 0 Å². The van der Waals surface area contributed by atoms with E-state index >= 15 is 0 Å². The minimum Gasteiger partial charge on any atom is -0.339 e. The van der Waals surface area contributed by atoms with Gasteiger partial charge in [0.05, 0.1) is 5.56 Å². The maximum absolute atomic E-state index is 13.7. The van der Waals surface area contributed by atoms with Crippen LogP contribution in [0.25, 0.3) is 0 Å². The molecule has 4 nitrogen and oxygen atoms in total. The van der Waals surface area contributed by atoms with Gasteiger partial charge in [0.1, 0.15) is 5.82 Å². The summed E-state index contributed by atoms with van der Waals surface area (Å²) in [4.78, 5) is 28.3. The second kappa shape index (κ2) is 8.43. The molecule has 0 saturated carbocycles. The van der Waals surface area contributed by atoms with Crippen LogP contribution >= 0.6 is 0 Å². The molecule has 1 aliphatic rings. The molecule has 2 amide bonds. The molecule has 0 aromatic heterocycles. The van der Waals surface area contributed by atoms with Crippen LogP contribution in [0.5, 0.6) is 0 Å². The second-order valence-electron chi connectivity index (χ2n) is 5.87. The number of carbonyl (C=O) groups is 2. The van der Waals surface area contributed by atoms with Gasteiger partial charge in [0.25, 0.3) is 5.91 Å². The molecule has 1 aliphatic heterocycles. The van der Waals surface area contributed by atoms with Crippen molar-refractivity contribution >= 4 is 11.8 Å². The Balaban J connectivity index is 1.96. The zero-order chi connectivity index (χ0) is 17.5. The van der Waals surface area contributed by atoms with Gasteiger partial charge in [-0.1, -0.05) is 24.3 Å². The summed E-state index contributed by atoms with van der Waals surface area (Å²) >= 11 is 0. The Hall–Kier alpha value is -2.43. The van der Waals surface area contributed by atoms with Crippen molar-refractivity contribution in [1.29, 1.82) is 0 Å². The van der Waals surface area contributed by atoms with E-state index in [1.54, 1.807) is 34.1 Å². The predicted molar refractivity (Wildman–Crippen MR) is 92.0 cm³/mol. The van der Waals surface area contributed by atoms with Gasteiger partial charge < -0.3 is 9.80 Å². The van der Waals surface area contributed by atoms with Gasteiger partial charge in [-0.25, -0.2) is 4.39 Å². The molecule has 0 aliphatic carbocycles. The fraction of sp³-hybridized carbons (Fsp3) is 0.368. The van der Waals surface area contributed by atoms with Gasteiger partial charge in [0, 0.05) is 32.1 Å². The lowest BCUT2D eigenvalue weighted by Gasteiger charge is -2.34. The van der Waals surface area contributed by atoms with Gasteiger partial charge in [-0.15, -0.1) is 13.2 Å². The molecular formula is C19H23FN2O2. The lowest BCUT2D eigenvalue weighted by molar-refractivity contribution is -0.135. The first-order chi connectivity index (χ1) is 11.6. The highest BCUT2D eigenvalue weighted by Crippen LogP contribution is 2.22. The standard InChI is InChI=1S/C19H23FN2O2/c1-3-11-21(12-4-2)18(23)15-9-13-22(14-10-15)19(24)16-7-5-6-8-17(16)20/h3-8,15H,1-2,9-14H2. The van der Waals surface area contributed by atoms with Crippen molar-refractivity contribution in [3.05, 3.63) is 61.0 Å². The molecule has 2 rings (SSSR count). The van der Waals surface area contributed by atoms with Gasteiger partial charge >= 0.3 is 0 Å². The first-order valence-corrected chi connectivity index (χ1v) is 8.12. The normalized spacial score (nSPS) is 15.0. The smallest absolute Gasteiger partial charge is 0.256 e. The maximum atomic E-state index is 13.7. The molecule has 24 heavy (non-hydrogen) atoms. The number of amides is 2. The van der Waals surface area contributed by atoms with Crippen molar-refractivity contribution in [2.45, 2.75) is 12.8 Å². The number of benzene rings is 1. The minimum absolute atomic E-state index is 0.0628. The number of nitrogens with zero attached hydrogens (tertiary/aromatic N) is 2.